The minimum Gasteiger partial charge on any atom is -0.274 e. The average molecular weight is 251 g/mol. The van der Waals surface area contributed by atoms with Gasteiger partial charge in [-0.05, 0) is 17.5 Å². The molecule has 0 radical (unpaired) electrons. The van der Waals surface area contributed by atoms with Crippen molar-refractivity contribution in [1.82, 2.24) is 4.98 Å². The fraction of sp³-hybridized carbons (Fsp3) is 0.417. The van der Waals surface area contributed by atoms with Gasteiger partial charge >= 0.3 is 0 Å². The molecular weight excluding hydrogens is 240 g/mol. The maximum atomic E-state index is 12.1. The lowest BCUT2D eigenvalue weighted by molar-refractivity contribution is -0.125. The predicted octanol–water partition coefficient (Wildman–Crippen LogP) is 1.88. The Labute approximate surface area is 104 Å². The Bertz CT molecular complexity index is 517. The fourth-order valence-corrected chi connectivity index (χ4v) is 2.90. The molecule has 5 heteroatoms. The Balaban J connectivity index is 2.02. The van der Waals surface area contributed by atoms with E-state index in [1.165, 1.54) is 6.20 Å². The van der Waals surface area contributed by atoms with E-state index in [9.17, 15) is 9.59 Å². The number of carbonyl (C=O) groups is 2. The first kappa shape index (κ1) is 10.7. The average Bonchev–Trinajstić information content (AvgIpc) is 2.72. The molecule has 0 bridgehead atoms. The van der Waals surface area contributed by atoms with Crippen LogP contribution in [0.25, 0.3) is 0 Å². The number of nitrogens with zero attached hydrogens (tertiary/aromatic N) is 2. The number of hydrogen-bond acceptors (Lipinski definition) is 3. The van der Waals surface area contributed by atoms with Gasteiger partial charge in [0.25, 0.3) is 0 Å². The van der Waals surface area contributed by atoms with E-state index in [0.717, 1.165) is 4.90 Å². The maximum Gasteiger partial charge on any atom is 0.239 e. The number of halogens is 1. The molecule has 3 rings (SSSR count). The first-order valence-electron chi connectivity index (χ1n) is 5.44. The van der Waals surface area contributed by atoms with Crippen molar-refractivity contribution < 1.29 is 9.59 Å². The lowest BCUT2D eigenvalue weighted by Gasteiger charge is -2.20. The Morgan fingerprint density at radius 2 is 1.88 bits per heavy atom. The van der Waals surface area contributed by atoms with E-state index in [1.807, 2.05) is 13.8 Å². The van der Waals surface area contributed by atoms with Crippen LogP contribution < -0.4 is 4.90 Å². The van der Waals surface area contributed by atoms with Crippen molar-refractivity contribution >= 4 is 29.2 Å². The smallest absolute Gasteiger partial charge is 0.239 e. The molecular formula is C12H11ClN2O2. The second-order valence-corrected chi connectivity index (χ2v) is 5.50. The van der Waals surface area contributed by atoms with E-state index in [2.05, 4.69) is 4.98 Å². The third-order valence-electron chi connectivity index (χ3n) is 3.75. The van der Waals surface area contributed by atoms with E-state index < -0.39 is 0 Å². The fourth-order valence-electron chi connectivity index (χ4n) is 2.70. The third-order valence-corrected chi connectivity index (χ3v) is 4.05. The molecule has 2 unspecified atom stereocenters. The lowest BCUT2D eigenvalue weighted by atomic mass is 10.1. The SMILES string of the molecule is CC1(C)C2C(=O)N(c3ncccc3Cl)C(=O)C21. The van der Waals surface area contributed by atoms with Crippen LogP contribution in [0.2, 0.25) is 5.02 Å². The number of hydrogen-bond donors (Lipinski definition) is 0. The number of carbonyl (C=O) groups excluding carboxylic acids is 2. The number of fused-ring (bicyclic) bond motifs is 1. The maximum absolute atomic E-state index is 12.1. The zero-order valence-electron chi connectivity index (χ0n) is 9.48. The number of rotatable bonds is 1. The summed E-state index contributed by atoms with van der Waals surface area (Å²) in [6, 6.07) is 3.29. The molecule has 4 nitrogen and oxygen atoms in total. The summed E-state index contributed by atoms with van der Waals surface area (Å²) < 4.78 is 0. The Morgan fingerprint density at radius 3 is 2.41 bits per heavy atom. The van der Waals surface area contributed by atoms with Gasteiger partial charge in [0.2, 0.25) is 11.8 Å². The van der Waals surface area contributed by atoms with Crippen molar-refractivity contribution in [3.63, 3.8) is 0 Å². The lowest BCUT2D eigenvalue weighted by Crippen LogP contribution is -2.37. The van der Waals surface area contributed by atoms with Crippen molar-refractivity contribution in [3.05, 3.63) is 23.4 Å². The third kappa shape index (κ3) is 1.21. The van der Waals surface area contributed by atoms with Crippen molar-refractivity contribution in [1.29, 1.82) is 0 Å². The standard InChI is InChI=1S/C12H11ClN2O2/c1-12(2)7-8(12)11(17)15(10(7)16)9-6(13)4-3-5-14-9/h3-5,7-8H,1-2H3. The molecule has 2 atom stereocenters. The number of imide groups is 1. The van der Waals surface area contributed by atoms with Gasteiger partial charge in [-0.2, -0.15) is 0 Å². The molecule has 2 fully saturated rings. The minimum absolute atomic E-state index is 0.175. The zero-order chi connectivity index (χ0) is 12.4. The van der Waals surface area contributed by atoms with E-state index in [0.29, 0.717) is 5.02 Å². The molecule has 1 aromatic heterocycles. The van der Waals surface area contributed by atoms with Gasteiger partial charge in [0, 0.05) is 6.20 Å². The molecule has 0 aromatic carbocycles. The van der Waals surface area contributed by atoms with Crippen LogP contribution in [0.3, 0.4) is 0 Å². The van der Waals surface area contributed by atoms with Gasteiger partial charge in [-0.25, -0.2) is 9.88 Å². The second kappa shape index (κ2) is 3.07. The molecule has 1 aromatic rings. The van der Waals surface area contributed by atoms with Crippen LogP contribution in [0, 0.1) is 17.3 Å². The normalized spacial score (nSPS) is 29.5. The molecule has 2 amide bonds. The summed E-state index contributed by atoms with van der Waals surface area (Å²) >= 11 is 5.96. The van der Waals surface area contributed by atoms with Gasteiger partial charge in [0.15, 0.2) is 5.82 Å². The summed E-state index contributed by atoms with van der Waals surface area (Å²) in [6.45, 7) is 3.88. The number of amides is 2. The van der Waals surface area contributed by atoms with Gasteiger partial charge in [-0.3, -0.25) is 9.59 Å². The number of piperidine rings is 1. The van der Waals surface area contributed by atoms with Crippen molar-refractivity contribution in [2.45, 2.75) is 13.8 Å². The van der Waals surface area contributed by atoms with Gasteiger partial charge in [-0.15, -0.1) is 0 Å². The first-order chi connectivity index (χ1) is 7.96. The molecule has 88 valence electrons. The first-order valence-corrected chi connectivity index (χ1v) is 5.82. The molecule has 0 N–H and O–H groups in total. The highest BCUT2D eigenvalue weighted by molar-refractivity contribution is 6.36. The molecule has 1 aliphatic carbocycles. The van der Waals surface area contributed by atoms with Gasteiger partial charge < -0.3 is 0 Å². The number of aromatic nitrogens is 1. The molecule has 2 heterocycles. The van der Waals surface area contributed by atoms with Crippen LogP contribution >= 0.6 is 11.6 Å². The highest BCUT2D eigenvalue weighted by Gasteiger charge is 2.73. The van der Waals surface area contributed by atoms with Crippen LogP contribution in [0.15, 0.2) is 18.3 Å². The molecule has 1 aliphatic heterocycles. The largest absolute Gasteiger partial charge is 0.274 e. The highest BCUT2D eigenvalue weighted by atomic mass is 35.5. The predicted molar refractivity (Wildman–Crippen MR) is 62.5 cm³/mol. The van der Waals surface area contributed by atoms with Crippen LogP contribution in [-0.4, -0.2) is 16.8 Å². The van der Waals surface area contributed by atoms with E-state index in [1.54, 1.807) is 12.1 Å². The van der Waals surface area contributed by atoms with Crippen LogP contribution in [-0.2, 0) is 9.59 Å². The Hall–Kier alpha value is -1.42. The van der Waals surface area contributed by atoms with Gasteiger partial charge in [0.05, 0.1) is 16.9 Å². The van der Waals surface area contributed by atoms with Crippen LogP contribution in [0.1, 0.15) is 13.8 Å². The summed E-state index contributed by atoms with van der Waals surface area (Å²) in [5, 5.41) is 0.327. The number of pyridine rings is 1. The second-order valence-electron chi connectivity index (χ2n) is 5.10. The van der Waals surface area contributed by atoms with Gasteiger partial charge in [-0.1, -0.05) is 25.4 Å². The summed E-state index contributed by atoms with van der Waals surface area (Å²) in [5.74, 6) is -0.496. The molecule has 2 aliphatic rings. The topological polar surface area (TPSA) is 50.3 Å². The summed E-state index contributed by atoms with van der Waals surface area (Å²) in [5.41, 5.74) is -0.202. The summed E-state index contributed by atoms with van der Waals surface area (Å²) in [7, 11) is 0. The molecule has 1 saturated carbocycles. The van der Waals surface area contributed by atoms with Crippen LogP contribution in [0.5, 0.6) is 0 Å². The summed E-state index contributed by atoms with van der Waals surface area (Å²) in [4.78, 5) is 29.4. The number of anilines is 1. The zero-order valence-corrected chi connectivity index (χ0v) is 10.2. The monoisotopic (exact) mass is 250 g/mol. The van der Waals surface area contributed by atoms with E-state index >= 15 is 0 Å². The van der Waals surface area contributed by atoms with Crippen LogP contribution in [0.4, 0.5) is 5.82 Å². The Morgan fingerprint density at radius 1 is 1.29 bits per heavy atom. The van der Waals surface area contributed by atoms with Crippen molar-refractivity contribution in [2.75, 3.05) is 4.90 Å². The quantitative estimate of drug-likeness (QED) is 0.715. The summed E-state index contributed by atoms with van der Waals surface area (Å²) in [6.07, 6.45) is 1.52. The molecule has 0 spiro atoms. The van der Waals surface area contributed by atoms with E-state index in [4.69, 9.17) is 11.6 Å². The highest BCUT2D eigenvalue weighted by Crippen LogP contribution is 2.63. The van der Waals surface area contributed by atoms with E-state index in [-0.39, 0.29) is 34.9 Å². The van der Waals surface area contributed by atoms with Gasteiger partial charge in [0.1, 0.15) is 0 Å². The Kier molecular flexibility index (Phi) is 1.94. The minimum atomic E-state index is -0.202. The molecule has 1 saturated heterocycles. The van der Waals surface area contributed by atoms with Crippen molar-refractivity contribution in [2.24, 2.45) is 17.3 Å². The molecule has 17 heavy (non-hydrogen) atoms. The van der Waals surface area contributed by atoms with Crippen molar-refractivity contribution in [3.8, 4) is 0 Å².